The smallest absolute Gasteiger partial charge is 0.407 e. The number of aliphatic carboxylic acids is 1. The summed E-state index contributed by atoms with van der Waals surface area (Å²) in [4.78, 5) is 36.5. The Kier molecular flexibility index (Phi) is 6.67. The van der Waals surface area contributed by atoms with E-state index in [1.54, 1.807) is 0 Å². The summed E-state index contributed by atoms with van der Waals surface area (Å²) in [6, 6.07) is 14.9. The fraction of sp³-hybridized carbons (Fsp3) is 0.423. The Morgan fingerprint density at radius 3 is 2.06 bits per heavy atom. The minimum absolute atomic E-state index is 0.000888. The summed E-state index contributed by atoms with van der Waals surface area (Å²) in [5.74, 6) is -1.47. The van der Waals surface area contributed by atoms with Crippen LogP contribution in [0.4, 0.5) is 4.79 Å². The number of alkyl carbamates (subject to hydrolysis) is 1. The SMILES string of the molecule is CC(C)C(CC(=O)NC(C(=O)O)C1CC1)NC(=O)OCC1c2ccccc2-c2ccccc21. The van der Waals surface area contributed by atoms with E-state index in [1.807, 2.05) is 38.1 Å². The van der Waals surface area contributed by atoms with Gasteiger partial charge in [0.2, 0.25) is 5.91 Å². The molecule has 0 bridgehead atoms. The summed E-state index contributed by atoms with van der Waals surface area (Å²) < 4.78 is 5.59. The first-order chi connectivity index (χ1) is 15.8. The van der Waals surface area contributed by atoms with E-state index >= 15 is 0 Å². The molecule has 2 amide bonds. The highest BCUT2D eigenvalue weighted by Gasteiger charge is 2.37. The predicted molar refractivity (Wildman–Crippen MR) is 124 cm³/mol. The predicted octanol–water partition coefficient (Wildman–Crippen LogP) is 3.92. The van der Waals surface area contributed by atoms with Crippen molar-refractivity contribution in [2.75, 3.05) is 6.61 Å². The van der Waals surface area contributed by atoms with E-state index in [-0.39, 0.29) is 36.7 Å². The van der Waals surface area contributed by atoms with Crippen LogP contribution in [0.3, 0.4) is 0 Å². The maximum absolute atomic E-state index is 12.6. The topological polar surface area (TPSA) is 105 Å². The minimum Gasteiger partial charge on any atom is -0.480 e. The molecule has 2 aromatic rings. The molecule has 0 saturated heterocycles. The summed E-state index contributed by atoms with van der Waals surface area (Å²) in [7, 11) is 0. The molecule has 7 heteroatoms. The standard InChI is InChI=1S/C26H30N2O5/c1-15(2)22(13-23(29)28-24(25(30)31)16-11-12-16)27-26(32)33-14-21-19-9-5-3-7-17(19)18-8-4-6-10-20(18)21/h3-10,15-16,21-22,24H,11-14H2,1-2H3,(H,27,32)(H,28,29)(H,30,31). The largest absolute Gasteiger partial charge is 0.480 e. The number of nitrogens with one attached hydrogen (secondary N) is 2. The molecule has 0 spiro atoms. The Balaban J connectivity index is 1.35. The number of carbonyl (C=O) groups is 3. The van der Waals surface area contributed by atoms with Crippen LogP contribution in [-0.2, 0) is 14.3 Å². The number of ether oxygens (including phenoxy) is 1. The van der Waals surface area contributed by atoms with Gasteiger partial charge < -0.3 is 20.5 Å². The van der Waals surface area contributed by atoms with Crippen LogP contribution in [0.5, 0.6) is 0 Å². The molecular weight excluding hydrogens is 420 g/mol. The Hall–Kier alpha value is -3.35. The van der Waals surface area contributed by atoms with Gasteiger partial charge in [-0.25, -0.2) is 9.59 Å². The van der Waals surface area contributed by atoms with Gasteiger partial charge in [-0.05, 0) is 46.9 Å². The van der Waals surface area contributed by atoms with Crippen LogP contribution in [0.15, 0.2) is 48.5 Å². The molecule has 2 aliphatic rings. The Morgan fingerprint density at radius 2 is 1.55 bits per heavy atom. The van der Waals surface area contributed by atoms with Crippen molar-refractivity contribution in [1.82, 2.24) is 10.6 Å². The van der Waals surface area contributed by atoms with Gasteiger partial charge in [-0.2, -0.15) is 0 Å². The van der Waals surface area contributed by atoms with Crippen LogP contribution in [0.25, 0.3) is 11.1 Å². The molecule has 7 nitrogen and oxygen atoms in total. The molecule has 0 aliphatic heterocycles. The van der Waals surface area contributed by atoms with Crippen molar-refractivity contribution in [3.8, 4) is 11.1 Å². The molecule has 2 aliphatic carbocycles. The quantitative estimate of drug-likeness (QED) is 0.537. The summed E-state index contributed by atoms with van der Waals surface area (Å²) in [6.07, 6.45) is 1.03. The summed E-state index contributed by atoms with van der Waals surface area (Å²) in [5.41, 5.74) is 4.57. The lowest BCUT2D eigenvalue weighted by atomic mass is 9.98. The highest BCUT2D eigenvalue weighted by atomic mass is 16.5. The van der Waals surface area contributed by atoms with Gasteiger partial charge in [-0.1, -0.05) is 62.4 Å². The number of rotatable bonds is 9. The molecule has 0 heterocycles. The summed E-state index contributed by atoms with van der Waals surface area (Å²) >= 11 is 0. The zero-order valence-corrected chi connectivity index (χ0v) is 18.9. The van der Waals surface area contributed by atoms with Gasteiger partial charge in [0.25, 0.3) is 0 Å². The van der Waals surface area contributed by atoms with Crippen LogP contribution in [0.2, 0.25) is 0 Å². The molecule has 3 N–H and O–H groups in total. The van der Waals surface area contributed by atoms with Crippen molar-refractivity contribution >= 4 is 18.0 Å². The lowest BCUT2D eigenvalue weighted by Gasteiger charge is -2.23. The minimum atomic E-state index is -1.02. The van der Waals surface area contributed by atoms with Gasteiger partial charge in [-0.15, -0.1) is 0 Å². The highest BCUT2D eigenvalue weighted by molar-refractivity contribution is 5.84. The van der Waals surface area contributed by atoms with Crippen molar-refractivity contribution in [1.29, 1.82) is 0 Å². The van der Waals surface area contributed by atoms with E-state index in [9.17, 15) is 19.5 Å². The molecule has 1 fully saturated rings. The average Bonchev–Trinajstić information content (AvgIpc) is 3.58. The Bertz CT molecular complexity index is 1000. The lowest BCUT2D eigenvalue weighted by molar-refractivity contribution is -0.142. The first-order valence-electron chi connectivity index (χ1n) is 11.5. The van der Waals surface area contributed by atoms with Gasteiger partial charge in [0.15, 0.2) is 0 Å². The van der Waals surface area contributed by atoms with Crippen LogP contribution < -0.4 is 10.6 Å². The molecule has 2 atom stereocenters. The zero-order valence-electron chi connectivity index (χ0n) is 18.9. The molecular formula is C26H30N2O5. The fourth-order valence-corrected chi connectivity index (χ4v) is 4.49. The van der Waals surface area contributed by atoms with Gasteiger partial charge in [-0.3, -0.25) is 4.79 Å². The van der Waals surface area contributed by atoms with Crippen LogP contribution in [0, 0.1) is 11.8 Å². The normalized spacial score (nSPS) is 16.5. The summed E-state index contributed by atoms with van der Waals surface area (Å²) in [5, 5.41) is 14.7. The second-order valence-corrected chi connectivity index (χ2v) is 9.25. The Labute approximate surface area is 193 Å². The number of carboxylic acids is 1. The summed E-state index contributed by atoms with van der Waals surface area (Å²) in [6.45, 7) is 3.99. The average molecular weight is 451 g/mol. The molecule has 0 aromatic heterocycles. The Morgan fingerprint density at radius 1 is 0.970 bits per heavy atom. The van der Waals surface area contributed by atoms with E-state index in [4.69, 9.17) is 4.74 Å². The number of amides is 2. The van der Waals surface area contributed by atoms with Crippen molar-refractivity contribution in [2.24, 2.45) is 11.8 Å². The number of hydrogen-bond acceptors (Lipinski definition) is 4. The molecule has 33 heavy (non-hydrogen) atoms. The molecule has 4 rings (SSSR count). The maximum Gasteiger partial charge on any atom is 0.407 e. The molecule has 1 saturated carbocycles. The molecule has 2 unspecified atom stereocenters. The second kappa shape index (κ2) is 9.65. The van der Waals surface area contributed by atoms with Gasteiger partial charge in [0.1, 0.15) is 12.6 Å². The maximum atomic E-state index is 12.6. The third kappa shape index (κ3) is 5.18. The second-order valence-electron chi connectivity index (χ2n) is 9.25. The number of fused-ring (bicyclic) bond motifs is 3. The number of benzene rings is 2. The van der Waals surface area contributed by atoms with Crippen LogP contribution >= 0.6 is 0 Å². The van der Waals surface area contributed by atoms with Crippen molar-refractivity contribution in [3.63, 3.8) is 0 Å². The van der Waals surface area contributed by atoms with Crippen LogP contribution in [-0.4, -0.2) is 41.8 Å². The van der Waals surface area contributed by atoms with E-state index in [2.05, 4.69) is 34.9 Å². The third-order valence-corrected chi connectivity index (χ3v) is 6.53. The molecule has 0 radical (unpaired) electrons. The van der Waals surface area contributed by atoms with Gasteiger partial charge >= 0.3 is 12.1 Å². The number of carbonyl (C=O) groups excluding carboxylic acids is 2. The van der Waals surface area contributed by atoms with E-state index in [1.165, 1.54) is 0 Å². The molecule has 2 aromatic carbocycles. The van der Waals surface area contributed by atoms with Gasteiger partial charge in [0.05, 0.1) is 0 Å². The highest BCUT2D eigenvalue weighted by Crippen LogP contribution is 2.44. The van der Waals surface area contributed by atoms with Crippen LogP contribution in [0.1, 0.15) is 50.2 Å². The van der Waals surface area contributed by atoms with E-state index in [0.29, 0.717) is 0 Å². The van der Waals surface area contributed by atoms with Crippen molar-refractivity contribution in [3.05, 3.63) is 59.7 Å². The third-order valence-electron chi connectivity index (χ3n) is 6.53. The number of hydrogen-bond donors (Lipinski definition) is 3. The van der Waals surface area contributed by atoms with E-state index in [0.717, 1.165) is 35.1 Å². The van der Waals surface area contributed by atoms with Gasteiger partial charge in [0, 0.05) is 18.4 Å². The molecule has 174 valence electrons. The zero-order chi connectivity index (χ0) is 23.5. The first-order valence-corrected chi connectivity index (χ1v) is 11.5. The van der Waals surface area contributed by atoms with Crippen molar-refractivity contribution in [2.45, 2.75) is 51.1 Å². The van der Waals surface area contributed by atoms with E-state index < -0.39 is 24.1 Å². The fourth-order valence-electron chi connectivity index (χ4n) is 4.49. The lowest BCUT2D eigenvalue weighted by Crippen LogP contribution is -2.47. The first kappa shape index (κ1) is 22.8. The monoisotopic (exact) mass is 450 g/mol. The number of carboxylic acid groups (broad SMARTS) is 1. The van der Waals surface area contributed by atoms with Crippen molar-refractivity contribution < 1.29 is 24.2 Å².